The highest BCUT2D eigenvalue weighted by molar-refractivity contribution is 7.90. The first-order chi connectivity index (χ1) is 12.7. The van der Waals surface area contributed by atoms with Crippen LogP contribution < -0.4 is 5.32 Å². The Morgan fingerprint density at radius 1 is 1.19 bits per heavy atom. The lowest BCUT2D eigenvalue weighted by Gasteiger charge is -2.21. The lowest BCUT2D eigenvalue weighted by molar-refractivity contribution is -0.121. The van der Waals surface area contributed by atoms with Crippen molar-refractivity contribution in [2.24, 2.45) is 4.40 Å². The van der Waals surface area contributed by atoms with Crippen molar-refractivity contribution in [3.63, 3.8) is 0 Å². The van der Waals surface area contributed by atoms with Crippen molar-refractivity contribution in [2.75, 3.05) is 13.6 Å². The van der Waals surface area contributed by atoms with Crippen LogP contribution in [0, 0.1) is 11.6 Å². The number of hydrogen-bond donors (Lipinski definition) is 1. The molecule has 1 amide bonds. The summed E-state index contributed by atoms with van der Waals surface area (Å²) >= 11 is 0. The summed E-state index contributed by atoms with van der Waals surface area (Å²) in [7, 11) is -2.22. The van der Waals surface area contributed by atoms with Crippen molar-refractivity contribution in [2.45, 2.75) is 17.9 Å². The standard InChI is InChI=1S/C18H17F2N3O3S/c1-11(12-7-8-14(19)15(20)9-12)21-17(24)10-23(2)18-13-5-3-4-6-16(13)27(25,26)22-18/h3-9,11H,10H2,1-2H3,(H,21,24). The maximum atomic E-state index is 13.3. The Hall–Kier alpha value is -2.81. The lowest BCUT2D eigenvalue weighted by Crippen LogP contribution is -2.39. The van der Waals surface area contributed by atoms with Crippen LogP contribution in [-0.2, 0) is 14.8 Å². The first-order valence-electron chi connectivity index (χ1n) is 8.09. The zero-order chi connectivity index (χ0) is 19.8. The number of benzene rings is 2. The summed E-state index contributed by atoms with van der Waals surface area (Å²) in [6.07, 6.45) is 0. The van der Waals surface area contributed by atoms with Gasteiger partial charge in [-0.2, -0.15) is 8.42 Å². The van der Waals surface area contributed by atoms with E-state index in [0.717, 1.165) is 12.1 Å². The molecule has 0 fully saturated rings. The predicted molar refractivity (Wildman–Crippen MR) is 95.7 cm³/mol. The number of likely N-dealkylation sites (N-methyl/N-ethyl adjacent to an activating group) is 1. The van der Waals surface area contributed by atoms with Crippen LogP contribution in [0.4, 0.5) is 8.78 Å². The minimum Gasteiger partial charge on any atom is -0.349 e. The fourth-order valence-corrected chi connectivity index (χ4v) is 4.06. The average molecular weight is 393 g/mol. The maximum absolute atomic E-state index is 13.3. The van der Waals surface area contributed by atoms with E-state index in [0.29, 0.717) is 11.1 Å². The van der Waals surface area contributed by atoms with E-state index < -0.39 is 33.6 Å². The first-order valence-corrected chi connectivity index (χ1v) is 9.53. The second kappa shape index (κ2) is 7.07. The fourth-order valence-electron chi connectivity index (χ4n) is 2.81. The Morgan fingerprint density at radius 2 is 1.89 bits per heavy atom. The highest BCUT2D eigenvalue weighted by atomic mass is 32.2. The molecule has 0 saturated heterocycles. The van der Waals surface area contributed by atoms with E-state index in [1.165, 1.54) is 17.0 Å². The quantitative estimate of drug-likeness (QED) is 0.864. The molecule has 0 aromatic heterocycles. The van der Waals surface area contributed by atoms with Crippen LogP contribution in [0.1, 0.15) is 24.1 Å². The smallest absolute Gasteiger partial charge is 0.285 e. The largest absolute Gasteiger partial charge is 0.349 e. The van der Waals surface area contributed by atoms with Crippen LogP contribution in [0.2, 0.25) is 0 Å². The summed E-state index contributed by atoms with van der Waals surface area (Å²) < 4.78 is 54.3. The second-order valence-electron chi connectivity index (χ2n) is 6.20. The molecule has 1 unspecified atom stereocenters. The minimum absolute atomic E-state index is 0.0995. The molecule has 1 atom stereocenters. The molecule has 0 spiro atoms. The van der Waals surface area contributed by atoms with E-state index in [2.05, 4.69) is 9.71 Å². The molecule has 1 N–H and O–H groups in total. The Bertz CT molecular complexity index is 1040. The Balaban J connectivity index is 1.70. The van der Waals surface area contributed by atoms with Gasteiger partial charge >= 0.3 is 0 Å². The van der Waals surface area contributed by atoms with E-state index >= 15 is 0 Å². The van der Waals surface area contributed by atoms with Crippen LogP contribution in [0.15, 0.2) is 51.8 Å². The molecule has 0 aliphatic carbocycles. The molecule has 1 aliphatic rings. The number of nitrogens with one attached hydrogen (secondary N) is 1. The molecule has 3 rings (SSSR count). The number of hydrogen-bond acceptors (Lipinski definition) is 4. The zero-order valence-electron chi connectivity index (χ0n) is 14.6. The van der Waals surface area contributed by atoms with Crippen molar-refractivity contribution in [1.82, 2.24) is 10.2 Å². The van der Waals surface area contributed by atoms with Crippen LogP contribution >= 0.6 is 0 Å². The third kappa shape index (κ3) is 3.82. The zero-order valence-corrected chi connectivity index (χ0v) is 15.4. The molecule has 6 nitrogen and oxygen atoms in total. The molecule has 9 heteroatoms. The molecule has 0 bridgehead atoms. The van der Waals surface area contributed by atoms with Gasteiger partial charge in [0.15, 0.2) is 17.5 Å². The molecule has 1 aliphatic heterocycles. The first kappa shape index (κ1) is 19.0. The van der Waals surface area contributed by atoms with Gasteiger partial charge in [0, 0.05) is 12.6 Å². The van der Waals surface area contributed by atoms with Gasteiger partial charge in [0.1, 0.15) is 4.90 Å². The summed E-state index contributed by atoms with van der Waals surface area (Å²) in [5, 5.41) is 2.67. The van der Waals surface area contributed by atoms with Crippen LogP contribution in [0.5, 0.6) is 0 Å². The van der Waals surface area contributed by atoms with E-state index in [-0.39, 0.29) is 17.3 Å². The molecular formula is C18H17F2N3O3S. The predicted octanol–water partition coefficient (Wildman–Crippen LogP) is 2.22. The Labute approximate surface area is 155 Å². The number of amides is 1. The molecular weight excluding hydrogens is 376 g/mol. The average Bonchev–Trinajstić information content (AvgIpc) is 2.89. The number of carbonyl (C=O) groups is 1. The van der Waals surface area contributed by atoms with E-state index in [9.17, 15) is 22.0 Å². The normalized spacial score (nSPS) is 15.6. The van der Waals surface area contributed by atoms with Crippen molar-refractivity contribution < 1.29 is 22.0 Å². The number of fused-ring (bicyclic) bond motifs is 1. The van der Waals surface area contributed by atoms with Gasteiger partial charge in [0.05, 0.1) is 12.6 Å². The SMILES string of the molecule is CC(NC(=O)CN(C)C1=NS(=O)(=O)c2ccccc21)c1ccc(F)c(F)c1. The maximum Gasteiger partial charge on any atom is 0.285 e. The van der Waals surface area contributed by atoms with Gasteiger partial charge in [-0.15, -0.1) is 4.40 Å². The molecule has 0 saturated carbocycles. The van der Waals surface area contributed by atoms with Gasteiger partial charge in [-0.1, -0.05) is 18.2 Å². The molecule has 0 radical (unpaired) electrons. The number of nitrogens with zero attached hydrogens (tertiary/aromatic N) is 2. The van der Waals surface area contributed by atoms with Crippen LogP contribution in [0.25, 0.3) is 0 Å². The summed E-state index contributed by atoms with van der Waals surface area (Å²) in [6.45, 7) is 1.48. The highest BCUT2D eigenvalue weighted by Crippen LogP contribution is 2.26. The third-order valence-corrected chi connectivity index (χ3v) is 5.50. The van der Waals surface area contributed by atoms with Gasteiger partial charge < -0.3 is 10.2 Å². The van der Waals surface area contributed by atoms with Crippen LogP contribution in [0.3, 0.4) is 0 Å². The lowest BCUT2D eigenvalue weighted by atomic mass is 10.1. The monoisotopic (exact) mass is 393 g/mol. The Kier molecular flexibility index (Phi) is 4.97. The summed E-state index contributed by atoms with van der Waals surface area (Å²) in [5.74, 6) is -2.19. The summed E-state index contributed by atoms with van der Waals surface area (Å²) in [4.78, 5) is 13.8. The highest BCUT2D eigenvalue weighted by Gasteiger charge is 2.31. The third-order valence-electron chi connectivity index (χ3n) is 4.18. The van der Waals surface area contributed by atoms with Crippen molar-refractivity contribution in [3.05, 3.63) is 65.2 Å². The van der Waals surface area contributed by atoms with E-state index in [1.54, 1.807) is 32.2 Å². The second-order valence-corrected chi connectivity index (χ2v) is 7.78. The number of carbonyl (C=O) groups excluding carboxylic acids is 1. The summed E-state index contributed by atoms with van der Waals surface area (Å²) in [6, 6.07) is 9.22. The number of halogens is 2. The Morgan fingerprint density at radius 3 is 2.59 bits per heavy atom. The summed E-state index contributed by atoms with van der Waals surface area (Å²) in [5.41, 5.74) is 0.845. The fraction of sp³-hybridized carbons (Fsp3) is 0.222. The molecule has 2 aromatic carbocycles. The molecule has 142 valence electrons. The molecule has 2 aromatic rings. The van der Waals surface area contributed by atoms with E-state index in [4.69, 9.17) is 0 Å². The van der Waals surface area contributed by atoms with Gasteiger partial charge in [0.2, 0.25) is 5.91 Å². The number of rotatable bonds is 4. The topological polar surface area (TPSA) is 78.8 Å². The van der Waals surface area contributed by atoms with Gasteiger partial charge in [-0.3, -0.25) is 4.79 Å². The van der Waals surface area contributed by atoms with E-state index in [1.807, 2.05) is 0 Å². The minimum atomic E-state index is -3.77. The molecule has 1 heterocycles. The van der Waals surface area contributed by atoms with Gasteiger partial charge in [-0.05, 0) is 36.8 Å². The van der Waals surface area contributed by atoms with Gasteiger partial charge in [0.25, 0.3) is 10.0 Å². The van der Waals surface area contributed by atoms with Crippen molar-refractivity contribution in [3.8, 4) is 0 Å². The molecule has 27 heavy (non-hydrogen) atoms. The van der Waals surface area contributed by atoms with Gasteiger partial charge in [-0.25, -0.2) is 8.78 Å². The number of amidine groups is 1. The van der Waals surface area contributed by atoms with Crippen molar-refractivity contribution in [1.29, 1.82) is 0 Å². The van der Waals surface area contributed by atoms with Crippen LogP contribution in [-0.4, -0.2) is 38.7 Å². The van der Waals surface area contributed by atoms with Crippen molar-refractivity contribution >= 4 is 21.8 Å². The number of sulfonamides is 1.